The van der Waals surface area contributed by atoms with E-state index in [2.05, 4.69) is 36.3 Å². The van der Waals surface area contributed by atoms with E-state index in [1.165, 1.54) is 25.0 Å². The number of carbonyl (C=O) groups is 1. The lowest BCUT2D eigenvalue weighted by Gasteiger charge is -2.32. The van der Waals surface area contributed by atoms with Crippen molar-refractivity contribution in [2.45, 2.75) is 51.0 Å². The lowest BCUT2D eigenvalue weighted by Crippen LogP contribution is -2.41. The van der Waals surface area contributed by atoms with Crippen molar-refractivity contribution in [1.29, 1.82) is 0 Å². The molecule has 1 amide bonds. The van der Waals surface area contributed by atoms with Gasteiger partial charge in [-0.2, -0.15) is 0 Å². The Morgan fingerprint density at radius 3 is 2.72 bits per heavy atom. The van der Waals surface area contributed by atoms with E-state index in [1.807, 2.05) is 6.07 Å². The van der Waals surface area contributed by atoms with E-state index in [0.717, 1.165) is 67.7 Å². The Labute approximate surface area is 192 Å². The summed E-state index contributed by atoms with van der Waals surface area (Å²) in [5.41, 5.74) is 2.31. The summed E-state index contributed by atoms with van der Waals surface area (Å²) in [6, 6.07) is 6.64. The SMILES string of the molecule is C[C@H]1CCN(c2nccc(-c3cc(F)ccc3P)c2NC(=O)CC23CCCN2CCC3)C1. The number of nitrogens with one attached hydrogen (secondary N) is 1. The van der Waals surface area contributed by atoms with Crippen molar-refractivity contribution < 1.29 is 9.18 Å². The van der Waals surface area contributed by atoms with Gasteiger partial charge in [0, 0.05) is 36.8 Å². The highest BCUT2D eigenvalue weighted by atomic mass is 31.0. The average molecular weight is 455 g/mol. The number of aromatic nitrogens is 1. The minimum absolute atomic E-state index is 0.0133. The fourth-order valence-electron chi connectivity index (χ4n) is 5.92. The molecular weight excluding hydrogens is 422 g/mol. The molecule has 2 aromatic rings. The number of benzene rings is 1. The maximum absolute atomic E-state index is 14.2. The van der Waals surface area contributed by atoms with E-state index >= 15 is 0 Å². The maximum Gasteiger partial charge on any atom is 0.226 e. The fraction of sp³-hybridized carbons (Fsp3) is 0.520. The number of amides is 1. The van der Waals surface area contributed by atoms with Gasteiger partial charge in [-0.3, -0.25) is 9.69 Å². The van der Waals surface area contributed by atoms with Crippen LogP contribution in [0.25, 0.3) is 11.1 Å². The van der Waals surface area contributed by atoms with Gasteiger partial charge in [0.15, 0.2) is 5.82 Å². The van der Waals surface area contributed by atoms with Crippen LogP contribution >= 0.6 is 9.24 Å². The lowest BCUT2D eigenvalue weighted by atomic mass is 9.90. The van der Waals surface area contributed by atoms with Gasteiger partial charge < -0.3 is 10.2 Å². The number of fused-ring (bicyclic) bond motifs is 1. The standard InChI is InChI=1S/C25H32FN4OP/c1-17-7-13-29(16-17)24-23(19(6-10-27-24)20-14-18(26)4-5-21(20)32)28-22(31)15-25-8-2-11-30(25)12-3-9-25/h4-6,10,14,17H,2-3,7-9,11-13,15-16,32H2,1H3,(H,28,31)/t17-/m0/s1. The summed E-state index contributed by atoms with van der Waals surface area (Å²) in [6.45, 7) is 6.26. The van der Waals surface area contributed by atoms with Crippen molar-refractivity contribution in [3.63, 3.8) is 0 Å². The highest BCUT2D eigenvalue weighted by Gasteiger charge is 2.45. The number of nitrogens with zero attached hydrogens (tertiary/aromatic N) is 3. The first kappa shape index (κ1) is 21.8. The highest BCUT2D eigenvalue weighted by Crippen LogP contribution is 2.42. The number of hydrogen-bond acceptors (Lipinski definition) is 4. The normalized spacial score (nSPS) is 22.3. The molecule has 32 heavy (non-hydrogen) atoms. The van der Waals surface area contributed by atoms with Crippen LogP contribution in [0.3, 0.4) is 0 Å². The van der Waals surface area contributed by atoms with Crippen molar-refractivity contribution in [2.24, 2.45) is 5.92 Å². The topological polar surface area (TPSA) is 48.5 Å². The second-order valence-corrected chi connectivity index (χ2v) is 10.4. The van der Waals surface area contributed by atoms with Crippen molar-refractivity contribution in [3.8, 4) is 11.1 Å². The summed E-state index contributed by atoms with van der Waals surface area (Å²) in [6.07, 6.45) is 7.91. The van der Waals surface area contributed by atoms with Crippen LogP contribution in [0.15, 0.2) is 30.5 Å². The van der Waals surface area contributed by atoms with Gasteiger partial charge in [0.05, 0.1) is 5.69 Å². The van der Waals surface area contributed by atoms with Crippen LogP contribution in [0.2, 0.25) is 0 Å². The molecule has 0 bridgehead atoms. The fourth-order valence-corrected chi connectivity index (χ4v) is 6.26. The van der Waals surface area contributed by atoms with Crippen molar-refractivity contribution in [1.82, 2.24) is 9.88 Å². The molecule has 3 saturated heterocycles. The Morgan fingerprint density at radius 1 is 1.22 bits per heavy atom. The van der Waals surface area contributed by atoms with Gasteiger partial charge in [-0.25, -0.2) is 9.37 Å². The molecule has 1 unspecified atom stereocenters. The summed E-state index contributed by atoms with van der Waals surface area (Å²) in [5.74, 6) is 1.12. The quantitative estimate of drug-likeness (QED) is 0.689. The molecule has 4 heterocycles. The minimum Gasteiger partial charge on any atom is -0.355 e. The molecular formula is C25H32FN4OP. The predicted octanol–water partition coefficient (Wildman–Crippen LogP) is 4.19. The largest absolute Gasteiger partial charge is 0.355 e. The van der Waals surface area contributed by atoms with Gasteiger partial charge in [-0.15, -0.1) is 9.24 Å². The molecule has 3 aliphatic rings. The van der Waals surface area contributed by atoms with Gasteiger partial charge in [-0.1, -0.05) is 13.0 Å². The molecule has 1 aromatic carbocycles. The molecule has 2 atom stereocenters. The average Bonchev–Trinajstić information content (AvgIpc) is 3.45. The number of anilines is 2. The Balaban J connectivity index is 1.51. The molecule has 1 aromatic heterocycles. The zero-order chi connectivity index (χ0) is 22.3. The van der Waals surface area contributed by atoms with Gasteiger partial charge in [0.25, 0.3) is 0 Å². The number of rotatable bonds is 5. The third kappa shape index (κ3) is 4.04. The molecule has 3 aliphatic heterocycles. The third-order valence-corrected chi connectivity index (χ3v) is 8.03. The van der Waals surface area contributed by atoms with E-state index in [9.17, 15) is 9.18 Å². The molecule has 0 aliphatic carbocycles. The smallest absolute Gasteiger partial charge is 0.226 e. The first-order valence-electron chi connectivity index (χ1n) is 11.8. The third-order valence-electron chi connectivity index (χ3n) is 7.53. The Bertz CT molecular complexity index is 1020. The van der Waals surface area contributed by atoms with E-state index in [-0.39, 0.29) is 17.3 Å². The van der Waals surface area contributed by atoms with Crippen LogP contribution in [-0.4, -0.2) is 47.5 Å². The van der Waals surface area contributed by atoms with E-state index < -0.39 is 0 Å². The summed E-state index contributed by atoms with van der Waals surface area (Å²) in [4.78, 5) is 22.9. The van der Waals surface area contributed by atoms with E-state index in [1.54, 1.807) is 12.3 Å². The number of hydrogen-bond donors (Lipinski definition) is 1. The zero-order valence-corrected chi connectivity index (χ0v) is 19.9. The maximum atomic E-state index is 14.2. The summed E-state index contributed by atoms with van der Waals surface area (Å²) in [5, 5.41) is 4.14. The Hall–Kier alpha value is -2.04. The second kappa shape index (κ2) is 8.72. The Morgan fingerprint density at radius 2 is 2.00 bits per heavy atom. The molecule has 0 spiro atoms. The minimum atomic E-state index is -0.289. The van der Waals surface area contributed by atoms with Crippen LogP contribution in [0.5, 0.6) is 0 Å². The first-order valence-corrected chi connectivity index (χ1v) is 12.4. The molecule has 5 nitrogen and oxygen atoms in total. The van der Waals surface area contributed by atoms with Gasteiger partial charge in [0.2, 0.25) is 5.91 Å². The van der Waals surface area contributed by atoms with Crippen molar-refractivity contribution in [3.05, 3.63) is 36.3 Å². The molecule has 3 fully saturated rings. The predicted molar refractivity (Wildman–Crippen MR) is 131 cm³/mol. The zero-order valence-electron chi connectivity index (χ0n) is 18.7. The van der Waals surface area contributed by atoms with Crippen LogP contribution in [-0.2, 0) is 4.79 Å². The van der Waals surface area contributed by atoms with E-state index in [4.69, 9.17) is 0 Å². The number of halogens is 1. The lowest BCUT2D eigenvalue weighted by molar-refractivity contribution is -0.118. The van der Waals surface area contributed by atoms with Crippen LogP contribution in [0.4, 0.5) is 15.9 Å². The van der Waals surface area contributed by atoms with Gasteiger partial charge in [-0.05, 0) is 80.2 Å². The van der Waals surface area contributed by atoms with Gasteiger partial charge in [0.1, 0.15) is 5.82 Å². The molecule has 1 N–H and O–H groups in total. The van der Waals surface area contributed by atoms with Crippen molar-refractivity contribution in [2.75, 3.05) is 36.4 Å². The molecule has 0 saturated carbocycles. The van der Waals surface area contributed by atoms with E-state index in [0.29, 0.717) is 18.0 Å². The first-order chi connectivity index (χ1) is 15.4. The number of pyridine rings is 1. The van der Waals surface area contributed by atoms with Crippen LogP contribution in [0, 0.1) is 11.7 Å². The molecule has 5 rings (SSSR count). The van der Waals surface area contributed by atoms with Crippen molar-refractivity contribution >= 4 is 32.0 Å². The molecule has 170 valence electrons. The summed E-state index contributed by atoms with van der Waals surface area (Å²) >= 11 is 0. The van der Waals surface area contributed by atoms with Gasteiger partial charge >= 0.3 is 0 Å². The highest BCUT2D eigenvalue weighted by molar-refractivity contribution is 7.28. The molecule has 7 heteroatoms. The molecule has 0 radical (unpaired) electrons. The Kier molecular flexibility index (Phi) is 5.94. The van der Waals surface area contributed by atoms with Crippen LogP contribution < -0.4 is 15.5 Å². The number of carbonyl (C=O) groups excluding carboxylic acids is 1. The summed E-state index contributed by atoms with van der Waals surface area (Å²) in [7, 11) is 2.69. The van der Waals surface area contributed by atoms with Crippen LogP contribution in [0.1, 0.15) is 45.4 Å². The monoisotopic (exact) mass is 454 g/mol. The summed E-state index contributed by atoms with van der Waals surface area (Å²) < 4.78 is 14.2. The second-order valence-electron chi connectivity index (χ2n) is 9.77.